The topological polar surface area (TPSA) is 130 Å². The fourth-order valence-electron chi connectivity index (χ4n) is 4.39. The van der Waals surface area contributed by atoms with Crippen molar-refractivity contribution in [3.8, 4) is 17.6 Å². The molecule has 1 atom stereocenters. The second-order valence-electron chi connectivity index (χ2n) is 9.06. The largest absolute Gasteiger partial charge is 0.493 e. The van der Waals surface area contributed by atoms with Crippen LogP contribution in [0.15, 0.2) is 95.9 Å². The second kappa shape index (κ2) is 12.4. The molecule has 1 amide bonds. The van der Waals surface area contributed by atoms with Gasteiger partial charge in [-0.2, -0.15) is 5.26 Å². The molecule has 10 heteroatoms. The minimum Gasteiger partial charge on any atom is -0.493 e. The highest BCUT2D eigenvalue weighted by Crippen LogP contribution is 2.40. The van der Waals surface area contributed by atoms with E-state index in [1.807, 2.05) is 30.3 Å². The molecule has 4 aromatic rings. The predicted octanol–water partition coefficient (Wildman–Crippen LogP) is 5.37. The number of anilines is 2. The second-order valence-corrected chi connectivity index (χ2v) is 10.7. The van der Waals surface area contributed by atoms with Crippen LogP contribution in [0.25, 0.3) is 0 Å². The van der Waals surface area contributed by atoms with Crippen LogP contribution in [0.4, 0.5) is 11.4 Å². The number of carbonyl (C=O) groups is 1. The summed E-state index contributed by atoms with van der Waals surface area (Å²) in [4.78, 5) is 13.8. The fourth-order valence-corrected chi connectivity index (χ4v) is 5.70. The molecule has 0 saturated heterocycles. The summed E-state index contributed by atoms with van der Waals surface area (Å²) < 4.78 is 41.2. The van der Waals surface area contributed by atoms with E-state index in [9.17, 15) is 18.5 Å². The van der Waals surface area contributed by atoms with E-state index in [0.29, 0.717) is 33.9 Å². The van der Waals surface area contributed by atoms with Gasteiger partial charge in [-0.15, -0.1) is 0 Å². The lowest BCUT2D eigenvalue weighted by Gasteiger charge is -2.24. The molecule has 0 saturated carbocycles. The smallest absolute Gasteiger partial charge is 0.262 e. The number of methoxy groups -OCH3 is 1. The minimum atomic E-state index is -4.03. The fraction of sp³-hybridized carbons (Fsp3) is 0.161. The summed E-state index contributed by atoms with van der Waals surface area (Å²) in [7, 11) is -2.55. The Bertz CT molecular complexity index is 1680. The lowest BCUT2D eigenvalue weighted by Crippen LogP contribution is -2.34. The highest BCUT2D eigenvalue weighted by atomic mass is 32.2. The van der Waals surface area contributed by atoms with Gasteiger partial charge in [-0.05, 0) is 42.0 Å². The van der Waals surface area contributed by atoms with Crippen molar-refractivity contribution in [2.75, 3.05) is 17.1 Å². The van der Waals surface area contributed by atoms with E-state index >= 15 is 0 Å². The molecule has 1 unspecified atom stereocenters. The number of nitrogens with zero attached hydrogens (tertiary/aromatic N) is 1. The maximum Gasteiger partial charge on any atom is 0.262 e. The van der Waals surface area contributed by atoms with Gasteiger partial charge in [0.1, 0.15) is 12.6 Å². The van der Waals surface area contributed by atoms with E-state index in [2.05, 4.69) is 21.4 Å². The summed E-state index contributed by atoms with van der Waals surface area (Å²) in [5, 5.41) is 15.3. The molecule has 0 radical (unpaired) electrons. The average Bonchev–Trinajstić information content (AvgIpc) is 3.02. The summed E-state index contributed by atoms with van der Waals surface area (Å²) in [6.07, 6.45) is 0. The Morgan fingerprint density at radius 1 is 1.05 bits per heavy atom. The molecule has 2 bridgehead atoms. The highest BCUT2D eigenvalue weighted by Gasteiger charge is 2.30. The van der Waals surface area contributed by atoms with Crippen LogP contribution < -0.4 is 24.8 Å². The molecule has 210 valence electrons. The molecule has 41 heavy (non-hydrogen) atoms. The molecule has 3 N–H and O–H groups in total. The maximum atomic E-state index is 13.7. The van der Waals surface area contributed by atoms with Gasteiger partial charge in [0, 0.05) is 29.4 Å². The molecule has 0 spiro atoms. The van der Waals surface area contributed by atoms with Crippen molar-refractivity contribution in [2.24, 2.45) is 0 Å². The summed E-state index contributed by atoms with van der Waals surface area (Å²) in [5.41, 5.74) is 2.88. The van der Waals surface area contributed by atoms with Crippen LogP contribution >= 0.6 is 0 Å². The highest BCUT2D eigenvalue weighted by molar-refractivity contribution is 7.92. The molecule has 1 heterocycles. The lowest BCUT2D eigenvalue weighted by molar-refractivity contribution is -0.122. The average molecular weight is 571 g/mol. The van der Waals surface area contributed by atoms with E-state index in [1.54, 1.807) is 48.5 Å². The number of hydrogen-bond acceptors (Lipinski definition) is 7. The normalized spacial score (nSPS) is 13.6. The van der Waals surface area contributed by atoms with Gasteiger partial charge >= 0.3 is 0 Å². The first-order chi connectivity index (χ1) is 19.4. The number of nitrogens with one attached hydrogen (secondary N) is 3. The zero-order valence-corrected chi connectivity index (χ0v) is 22.4. The minimum absolute atomic E-state index is 0. The van der Waals surface area contributed by atoms with Gasteiger partial charge in [0.05, 0.1) is 29.3 Å². The molecule has 0 fully saturated rings. The molecule has 0 aromatic heterocycles. The zero-order valence-electron chi connectivity index (χ0n) is 21.5. The van der Waals surface area contributed by atoms with Crippen molar-refractivity contribution in [3.05, 3.63) is 113 Å². The van der Waals surface area contributed by atoms with Crippen molar-refractivity contribution in [3.63, 3.8) is 0 Å². The molecular formula is C31H30N4O5S. The predicted molar refractivity (Wildman–Crippen MR) is 157 cm³/mol. The van der Waals surface area contributed by atoms with Crippen molar-refractivity contribution >= 4 is 27.3 Å². The van der Waals surface area contributed by atoms with Crippen LogP contribution in [0.5, 0.6) is 11.5 Å². The van der Waals surface area contributed by atoms with Gasteiger partial charge in [0.25, 0.3) is 10.0 Å². The molecule has 1 aliphatic heterocycles. The van der Waals surface area contributed by atoms with E-state index < -0.39 is 22.0 Å². The van der Waals surface area contributed by atoms with E-state index in [1.165, 1.54) is 19.2 Å². The van der Waals surface area contributed by atoms with E-state index in [-0.39, 0.29) is 31.2 Å². The van der Waals surface area contributed by atoms with Crippen LogP contribution in [0.2, 0.25) is 0 Å². The number of rotatable bonds is 7. The molecule has 9 nitrogen and oxygen atoms in total. The quantitative estimate of drug-likeness (QED) is 0.273. The number of nitriles is 1. The molecule has 0 aliphatic carbocycles. The number of sulfonamides is 1. The van der Waals surface area contributed by atoms with Crippen molar-refractivity contribution in [1.29, 1.82) is 5.26 Å². The number of fused-ring (bicyclic) bond motifs is 3. The Morgan fingerprint density at radius 2 is 1.76 bits per heavy atom. The molecule has 1 aliphatic rings. The Morgan fingerprint density at radius 3 is 2.46 bits per heavy atom. The van der Waals surface area contributed by atoms with E-state index in [4.69, 9.17) is 9.47 Å². The van der Waals surface area contributed by atoms with Gasteiger partial charge < -0.3 is 20.1 Å². The van der Waals surface area contributed by atoms with Gasteiger partial charge in [-0.25, -0.2) is 8.42 Å². The Balaban J connectivity index is 0.00000387. The Hall–Kier alpha value is -5.01. The summed E-state index contributed by atoms with van der Waals surface area (Å²) >= 11 is 0. The van der Waals surface area contributed by atoms with Crippen LogP contribution in [0, 0.1) is 11.3 Å². The third-order valence-corrected chi connectivity index (χ3v) is 7.90. The summed E-state index contributed by atoms with van der Waals surface area (Å²) in [5.74, 6) is 0.252. The monoisotopic (exact) mass is 570 g/mol. The van der Waals surface area contributed by atoms with Gasteiger partial charge in [0.15, 0.2) is 11.5 Å². The van der Waals surface area contributed by atoms with Crippen LogP contribution in [0.3, 0.4) is 0 Å². The van der Waals surface area contributed by atoms with Crippen LogP contribution in [0.1, 0.15) is 35.7 Å². The molecule has 4 aromatic carbocycles. The van der Waals surface area contributed by atoms with Crippen LogP contribution in [-0.2, 0) is 28.0 Å². The van der Waals surface area contributed by atoms with Gasteiger partial charge in [-0.3, -0.25) is 9.52 Å². The number of ether oxygens (including phenoxy) is 2. The number of benzene rings is 4. The first-order valence-corrected chi connectivity index (χ1v) is 13.9. The Kier molecular flexibility index (Phi) is 8.80. The lowest BCUT2D eigenvalue weighted by atomic mass is 10.0. The van der Waals surface area contributed by atoms with Crippen molar-refractivity contribution < 1.29 is 22.7 Å². The van der Waals surface area contributed by atoms with E-state index in [0.717, 1.165) is 5.56 Å². The number of amides is 1. The Labute approximate surface area is 239 Å². The van der Waals surface area contributed by atoms with Crippen LogP contribution in [-0.4, -0.2) is 21.4 Å². The third kappa shape index (κ3) is 6.42. The molecular weight excluding hydrogens is 540 g/mol. The SMILES string of the molecule is C.COc1cc(C(Nc2ccc(C#N)cc2)C(=O)NCc2ccccc2)c2cc1OCc1ccccc1S(=O)(=O)N2. The van der Waals surface area contributed by atoms with Crippen molar-refractivity contribution in [1.82, 2.24) is 5.32 Å². The summed E-state index contributed by atoms with van der Waals surface area (Å²) in [6.45, 7) is 0.273. The third-order valence-electron chi connectivity index (χ3n) is 6.43. The first kappa shape index (κ1) is 29.0. The van der Waals surface area contributed by atoms with Gasteiger partial charge in [0.2, 0.25) is 5.91 Å². The summed E-state index contributed by atoms with van der Waals surface area (Å²) in [6, 6.07) is 26.7. The first-order valence-electron chi connectivity index (χ1n) is 12.4. The van der Waals surface area contributed by atoms with Gasteiger partial charge in [-0.1, -0.05) is 56.0 Å². The maximum absolute atomic E-state index is 13.7. The number of hydrogen-bond donors (Lipinski definition) is 3. The number of carbonyl (C=O) groups excluding carboxylic acids is 1. The standard InChI is InChI=1S/C30H26N4O5S.CH4/c1-38-26-15-24(25-16-27(26)39-19-22-9-5-6-10-28(22)40(36,37)34-25)29(33-23-13-11-20(17-31)12-14-23)30(35)32-18-21-7-3-2-4-8-21;/h2-16,29,33-34H,18-19H2,1H3,(H,32,35);1H4. The van der Waals surface area contributed by atoms with Crippen molar-refractivity contribution in [2.45, 2.75) is 31.5 Å². The zero-order chi connectivity index (χ0) is 28.1. The molecule has 5 rings (SSSR count).